The first-order valence-corrected chi connectivity index (χ1v) is 12.5. The summed E-state index contributed by atoms with van der Waals surface area (Å²) in [5, 5.41) is 0. The average molecular weight is 491 g/mol. The quantitative estimate of drug-likeness (QED) is 0.205. The Balaban J connectivity index is 1.46. The predicted molar refractivity (Wildman–Crippen MR) is 139 cm³/mol. The molecule has 0 aliphatic carbocycles. The second-order valence-corrected chi connectivity index (χ2v) is 9.15. The van der Waals surface area contributed by atoms with Gasteiger partial charge in [0.25, 0.3) is 0 Å². The second kappa shape index (κ2) is 11.6. The van der Waals surface area contributed by atoms with Crippen LogP contribution in [0.25, 0.3) is 22.3 Å². The number of hydrogen-bond acceptors (Lipinski definition) is 0. The maximum absolute atomic E-state index is 14.8. The van der Waals surface area contributed by atoms with Gasteiger partial charge in [0.05, 0.1) is 0 Å². The summed E-state index contributed by atoms with van der Waals surface area (Å²) in [6, 6.07) is 21.1. The van der Waals surface area contributed by atoms with E-state index in [-0.39, 0.29) is 11.1 Å². The highest BCUT2D eigenvalue weighted by Crippen LogP contribution is 2.29. The van der Waals surface area contributed by atoms with Crippen molar-refractivity contribution in [1.29, 1.82) is 0 Å². The molecule has 0 amide bonds. The van der Waals surface area contributed by atoms with E-state index in [9.17, 15) is 17.6 Å². The fourth-order valence-electron chi connectivity index (χ4n) is 4.43. The molecule has 0 atom stereocenters. The second-order valence-electron chi connectivity index (χ2n) is 9.15. The van der Waals surface area contributed by atoms with Crippen LogP contribution in [0.5, 0.6) is 0 Å². The molecule has 0 aliphatic rings. The molecule has 0 unspecified atom stereocenters. The van der Waals surface area contributed by atoms with E-state index in [1.54, 1.807) is 36.4 Å². The third-order valence-electron chi connectivity index (χ3n) is 6.75. The summed E-state index contributed by atoms with van der Waals surface area (Å²) in [5.41, 5.74) is 4.43. The lowest BCUT2D eigenvalue weighted by Gasteiger charge is -2.11. The van der Waals surface area contributed by atoms with Gasteiger partial charge in [-0.25, -0.2) is 17.6 Å². The maximum Gasteiger partial charge on any atom is 0.166 e. The molecule has 0 aromatic heterocycles. The molecule has 0 spiro atoms. The Labute approximate surface area is 210 Å². The SMILES string of the molecule is CCCCc1ccc(-c2ccc(CCc3ccc(-c4ccc(CC)cc4)c(F)c3F)cc2)c(F)c1F. The van der Waals surface area contributed by atoms with E-state index in [4.69, 9.17) is 0 Å². The van der Waals surface area contributed by atoms with Crippen LogP contribution >= 0.6 is 0 Å². The molecule has 0 heterocycles. The first kappa shape index (κ1) is 25.7. The van der Waals surface area contributed by atoms with Gasteiger partial charge < -0.3 is 0 Å². The van der Waals surface area contributed by atoms with Crippen LogP contribution in [0.1, 0.15) is 48.9 Å². The lowest BCUT2D eigenvalue weighted by atomic mass is 9.96. The minimum Gasteiger partial charge on any atom is -0.203 e. The largest absolute Gasteiger partial charge is 0.203 e. The minimum atomic E-state index is -0.841. The Kier molecular flexibility index (Phi) is 8.25. The van der Waals surface area contributed by atoms with Gasteiger partial charge in [0, 0.05) is 11.1 Å². The predicted octanol–water partition coefficient (Wildman–Crippen LogP) is 9.27. The Hall–Kier alpha value is -3.40. The zero-order chi connectivity index (χ0) is 25.7. The summed E-state index contributed by atoms with van der Waals surface area (Å²) >= 11 is 0. The zero-order valence-electron chi connectivity index (χ0n) is 20.7. The first-order chi connectivity index (χ1) is 17.4. The minimum absolute atomic E-state index is 0.218. The molecule has 36 heavy (non-hydrogen) atoms. The summed E-state index contributed by atoms with van der Waals surface area (Å²) in [7, 11) is 0. The van der Waals surface area contributed by atoms with Crippen LogP contribution in [-0.2, 0) is 25.7 Å². The van der Waals surface area contributed by atoms with Gasteiger partial charge in [-0.3, -0.25) is 0 Å². The highest BCUT2D eigenvalue weighted by atomic mass is 19.2. The molecule has 0 N–H and O–H groups in total. The van der Waals surface area contributed by atoms with Gasteiger partial charge in [0.2, 0.25) is 0 Å². The monoisotopic (exact) mass is 490 g/mol. The van der Waals surface area contributed by atoms with Crippen molar-refractivity contribution in [2.45, 2.75) is 52.4 Å². The Bertz CT molecular complexity index is 1320. The highest BCUT2D eigenvalue weighted by Gasteiger charge is 2.16. The fraction of sp³-hybridized carbons (Fsp3) is 0.250. The smallest absolute Gasteiger partial charge is 0.166 e. The molecule has 0 saturated carbocycles. The van der Waals surface area contributed by atoms with E-state index in [1.165, 1.54) is 0 Å². The molecule has 4 heteroatoms. The van der Waals surface area contributed by atoms with Crippen LogP contribution in [0.3, 0.4) is 0 Å². The van der Waals surface area contributed by atoms with Crippen molar-refractivity contribution >= 4 is 0 Å². The van der Waals surface area contributed by atoms with Gasteiger partial charge in [-0.05, 0) is 65.5 Å². The van der Waals surface area contributed by atoms with E-state index < -0.39 is 23.3 Å². The van der Waals surface area contributed by atoms with E-state index in [0.29, 0.717) is 41.5 Å². The van der Waals surface area contributed by atoms with Crippen molar-refractivity contribution in [3.05, 3.63) is 118 Å². The Morgan fingerprint density at radius 2 is 0.944 bits per heavy atom. The van der Waals surface area contributed by atoms with Gasteiger partial charge in [-0.2, -0.15) is 0 Å². The average Bonchev–Trinajstić information content (AvgIpc) is 2.91. The van der Waals surface area contributed by atoms with Crippen molar-refractivity contribution < 1.29 is 17.6 Å². The number of unbranched alkanes of at least 4 members (excludes halogenated alkanes) is 1. The Morgan fingerprint density at radius 1 is 0.472 bits per heavy atom. The molecular weight excluding hydrogens is 460 g/mol. The molecule has 186 valence electrons. The summed E-state index contributed by atoms with van der Waals surface area (Å²) in [5.74, 6) is -3.29. The summed E-state index contributed by atoms with van der Waals surface area (Å²) < 4.78 is 58.8. The van der Waals surface area contributed by atoms with E-state index >= 15 is 0 Å². The van der Waals surface area contributed by atoms with Crippen molar-refractivity contribution in [3.8, 4) is 22.3 Å². The normalized spacial score (nSPS) is 11.2. The van der Waals surface area contributed by atoms with Crippen LogP contribution < -0.4 is 0 Å². The molecule has 4 aromatic carbocycles. The van der Waals surface area contributed by atoms with E-state index in [2.05, 4.69) is 0 Å². The third-order valence-corrected chi connectivity index (χ3v) is 6.75. The van der Waals surface area contributed by atoms with Crippen LogP contribution in [0, 0.1) is 23.3 Å². The third kappa shape index (κ3) is 5.53. The number of benzene rings is 4. The van der Waals surface area contributed by atoms with Gasteiger partial charge in [0.1, 0.15) is 0 Å². The molecule has 0 bridgehead atoms. The van der Waals surface area contributed by atoms with Crippen LogP contribution in [0.4, 0.5) is 17.6 Å². The highest BCUT2D eigenvalue weighted by molar-refractivity contribution is 5.66. The van der Waals surface area contributed by atoms with Crippen LogP contribution in [0.15, 0.2) is 72.8 Å². The number of aryl methyl sites for hydroxylation is 4. The van der Waals surface area contributed by atoms with Crippen molar-refractivity contribution in [1.82, 2.24) is 0 Å². The fourth-order valence-corrected chi connectivity index (χ4v) is 4.43. The molecular formula is C32H30F4. The number of rotatable bonds is 9. The van der Waals surface area contributed by atoms with E-state index in [0.717, 1.165) is 30.4 Å². The zero-order valence-corrected chi connectivity index (χ0v) is 20.7. The van der Waals surface area contributed by atoms with Gasteiger partial charge >= 0.3 is 0 Å². The van der Waals surface area contributed by atoms with E-state index in [1.807, 2.05) is 50.2 Å². The Morgan fingerprint density at radius 3 is 1.42 bits per heavy atom. The summed E-state index contributed by atoms with van der Waals surface area (Å²) in [6.07, 6.45) is 3.94. The molecule has 0 aliphatic heterocycles. The molecule has 4 rings (SSSR count). The molecule has 4 aromatic rings. The van der Waals surface area contributed by atoms with Gasteiger partial charge in [0.15, 0.2) is 23.3 Å². The summed E-state index contributed by atoms with van der Waals surface area (Å²) in [4.78, 5) is 0. The van der Waals surface area contributed by atoms with Crippen LogP contribution in [0.2, 0.25) is 0 Å². The molecule has 0 saturated heterocycles. The van der Waals surface area contributed by atoms with Crippen molar-refractivity contribution in [3.63, 3.8) is 0 Å². The van der Waals surface area contributed by atoms with Crippen molar-refractivity contribution in [2.75, 3.05) is 0 Å². The molecule has 0 nitrogen and oxygen atoms in total. The maximum atomic E-state index is 14.8. The van der Waals surface area contributed by atoms with Gasteiger partial charge in [-0.15, -0.1) is 0 Å². The molecule has 0 radical (unpaired) electrons. The van der Waals surface area contributed by atoms with Crippen LogP contribution in [-0.4, -0.2) is 0 Å². The lowest BCUT2D eigenvalue weighted by Crippen LogP contribution is -2.00. The first-order valence-electron chi connectivity index (χ1n) is 12.5. The topological polar surface area (TPSA) is 0 Å². The number of hydrogen-bond donors (Lipinski definition) is 0. The van der Waals surface area contributed by atoms with Gasteiger partial charge in [-0.1, -0.05) is 93.1 Å². The lowest BCUT2D eigenvalue weighted by molar-refractivity contribution is 0.499. The number of halogens is 4. The summed E-state index contributed by atoms with van der Waals surface area (Å²) in [6.45, 7) is 4.05. The molecule has 0 fully saturated rings. The standard InChI is InChI=1S/C32H30F4/c1-3-5-6-25-17-19-27(31(35)29(25)33)24-14-9-22(10-15-24)11-16-26-18-20-28(32(36)30(26)34)23-12-7-21(4-2)8-13-23/h7-10,12-15,17-20H,3-6,11,16H2,1-2H3. The van der Waals surface area contributed by atoms with Crippen molar-refractivity contribution in [2.24, 2.45) is 0 Å².